The van der Waals surface area contributed by atoms with E-state index in [1.807, 2.05) is 18.2 Å². The number of phenolic OH excluding ortho intramolecular Hbond substituents is 1. The molecule has 0 radical (unpaired) electrons. The van der Waals surface area contributed by atoms with Gasteiger partial charge in [0.1, 0.15) is 23.4 Å². The van der Waals surface area contributed by atoms with Gasteiger partial charge in [-0.25, -0.2) is 4.79 Å². The molecule has 0 fully saturated rings. The van der Waals surface area contributed by atoms with E-state index < -0.39 is 11.7 Å². The van der Waals surface area contributed by atoms with Gasteiger partial charge >= 0.3 is 5.97 Å². The van der Waals surface area contributed by atoms with Crippen LogP contribution in [0.4, 0.5) is 0 Å². The number of carbonyl (C=O) groups is 1. The lowest BCUT2D eigenvalue weighted by molar-refractivity contribution is -0.0424. The van der Waals surface area contributed by atoms with Crippen molar-refractivity contribution in [2.45, 2.75) is 11.7 Å². The first kappa shape index (κ1) is 14.2. The fourth-order valence-corrected chi connectivity index (χ4v) is 4.04. The first-order valence-corrected chi connectivity index (χ1v) is 8.01. The van der Waals surface area contributed by atoms with E-state index in [-0.39, 0.29) is 23.4 Å². The second-order valence-electron chi connectivity index (χ2n) is 6.41. The summed E-state index contributed by atoms with van der Waals surface area (Å²) in [5.74, 6) is -0.122. The molecule has 5 nitrogen and oxygen atoms in total. The Morgan fingerprint density at radius 3 is 2.76 bits per heavy atom. The Labute approximate surface area is 143 Å². The molecule has 3 atom stereocenters. The summed E-state index contributed by atoms with van der Waals surface area (Å²) in [4.78, 5) is 12.6. The highest BCUT2D eigenvalue weighted by Gasteiger charge is 2.58. The highest BCUT2D eigenvalue weighted by molar-refractivity contribution is 5.96. The van der Waals surface area contributed by atoms with Crippen molar-refractivity contribution in [2.75, 3.05) is 0 Å². The number of aromatic hydroxyl groups is 1. The Balaban J connectivity index is 1.84. The summed E-state index contributed by atoms with van der Waals surface area (Å²) in [5.41, 5.74) is 0.927. The number of esters is 1. The van der Waals surface area contributed by atoms with Gasteiger partial charge in [-0.15, -0.1) is 0 Å². The maximum Gasteiger partial charge on any atom is 0.339 e. The first-order chi connectivity index (χ1) is 12.1. The van der Waals surface area contributed by atoms with Crippen molar-refractivity contribution in [3.05, 3.63) is 83.1 Å². The first-order valence-electron chi connectivity index (χ1n) is 8.01. The number of phenols is 1. The quantitative estimate of drug-likeness (QED) is 0.724. The van der Waals surface area contributed by atoms with Gasteiger partial charge in [0.15, 0.2) is 5.60 Å². The van der Waals surface area contributed by atoms with E-state index in [9.17, 15) is 15.0 Å². The average Bonchev–Trinajstić information content (AvgIpc) is 2.88. The van der Waals surface area contributed by atoms with Crippen LogP contribution in [0.2, 0.25) is 0 Å². The molecule has 2 aliphatic heterocycles. The van der Waals surface area contributed by atoms with Gasteiger partial charge in [-0.2, -0.15) is 0 Å². The van der Waals surface area contributed by atoms with E-state index in [0.29, 0.717) is 16.9 Å². The van der Waals surface area contributed by atoms with Crippen LogP contribution >= 0.6 is 0 Å². The van der Waals surface area contributed by atoms with Crippen LogP contribution in [0.1, 0.15) is 21.5 Å². The molecule has 0 bridgehead atoms. The third-order valence-corrected chi connectivity index (χ3v) is 5.06. The van der Waals surface area contributed by atoms with Gasteiger partial charge in [0.25, 0.3) is 0 Å². The van der Waals surface area contributed by atoms with Gasteiger partial charge in [0, 0.05) is 17.2 Å². The van der Waals surface area contributed by atoms with Crippen LogP contribution in [0, 0.1) is 5.92 Å². The zero-order valence-corrected chi connectivity index (χ0v) is 13.0. The van der Waals surface area contributed by atoms with Crippen molar-refractivity contribution < 1.29 is 24.5 Å². The molecule has 0 amide bonds. The Hall–Kier alpha value is -3.21. The fraction of sp³-hybridized carbons (Fsp3) is 0.150. The lowest BCUT2D eigenvalue weighted by atomic mass is 9.70. The predicted molar refractivity (Wildman–Crippen MR) is 88.5 cm³/mol. The van der Waals surface area contributed by atoms with Crippen LogP contribution < -0.4 is 4.74 Å². The third-order valence-electron chi connectivity index (χ3n) is 5.06. The van der Waals surface area contributed by atoms with Crippen molar-refractivity contribution in [1.29, 1.82) is 0 Å². The molecule has 0 aromatic heterocycles. The number of allylic oxidation sites excluding steroid dienone is 1. The van der Waals surface area contributed by atoms with E-state index >= 15 is 0 Å². The molecule has 5 rings (SSSR count). The molecule has 5 heteroatoms. The van der Waals surface area contributed by atoms with E-state index in [2.05, 4.69) is 0 Å². The number of hydrogen-bond acceptors (Lipinski definition) is 5. The Morgan fingerprint density at radius 1 is 1.04 bits per heavy atom. The van der Waals surface area contributed by atoms with Crippen molar-refractivity contribution in [3.8, 4) is 11.5 Å². The fourth-order valence-electron chi connectivity index (χ4n) is 4.04. The van der Waals surface area contributed by atoms with Crippen molar-refractivity contribution >= 4 is 5.97 Å². The SMILES string of the molecule is O=C1O[C@]2(c3ccc(O)cc3O[C@@H]3C=C(O)C=C[C@@H]32)c2ccccc21. The molecule has 0 saturated heterocycles. The van der Waals surface area contributed by atoms with Gasteiger partial charge in [-0.1, -0.05) is 24.3 Å². The molecule has 3 aliphatic rings. The van der Waals surface area contributed by atoms with E-state index in [1.54, 1.807) is 36.4 Å². The number of aliphatic hydroxyl groups excluding tert-OH is 1. The second-order valence-corrected chi connectivity index (χ2v) is 6.41. The average molecular weight is 334 g/mol. The standard InChI is InChI=1S/C20H14O5/c21-11-5-7-15-17(9-11)24-18-10-12(22)6-8-16(18)20(15)14-4-2-1-3-13(14)19(23)25-20/h1-10,15,17,21-22H/t15-,17+,20+/m0/s1. The topological polar surface area (TPSA) is 76.0 Å². The summed E-state index contributed by atoms with van der Waals surface area (Å²) in [6.45, 7) is 0. The number of carbonyl (C=O) groups excluding carboxylic acids is 1. The number of ether oxygens (including phenoxy) is 2. The lowest BCUT2D eigenvalue weighted by Crippen LogP contribution is -2.48. The highest BCUT2D eigenvalue weighted by atomic mass is 16.6. The molecule has 124 valence electrons. The third kappa shape index (κ3) is 1.75. The van der Waals surface area contributed by atoms with Crippen LogP contribution in [0.3, 0.4) is 0 Å². The smallest absolute Gasteiger partial charge is 0.339 e. The largest absolute Gasteiger partial charge is 0.508 e. The monoisotopic (exact) mass is 334 g/mol. The molecule has 0 unspecified atom stereocenters. The summed E-state index contributed by atoms with van der Waals surface area (Å²) >= 11 is 0. The second kappa shape index (κ2) is 4.66. The van der Waals surface area contributed by atoms with Crippen LogP contribution in [-0.4, -0.2) is 22.3 Å². The minimum atomic E-state index is -1.05. The van der Waals surface area contributed by atoms with E-state index in [0.717, 1.165) is 5.56 Å². The summed E-state index contributed by atoms with van der Waals surface area (Å²) in [7, 11) is 0. The summed E-state index contributed by atoms with van der Waals surface area (Å²) in [6, 6.07) is 12.1. The van der Waals surface area contributed by atoms with Crippen LogP contribution in [-0.2, 0) is 10.3 Å². The molecule has 25 heavy (non-hydrogen) atoms. The minimum absolute atomic E-state index is 0.0597. The zero-order chi connectivity index (χ0) is 17.2. The van der Waals surface area contributed by atoms with Gasteiger partial charge in [-0.3, -0.25) is 0 Å². The molecule has 2 heterocycles. The molecule has 1 spiro atoms. The van der Waals surface area contributed by atoms with Crippen molar-refractivity contribution in [2.24, 2.45) is 5.92 Å². The number of benzene rings is 2. The highest BCUT2D eigenvalue weighted by Crippen LogP contribution is 2.55. The molecular formula is C20H14O5. The van der Waals surface area contributed by atoms with Gasteiger partial charge in [0.05, 0.1) is 11.5 Å². The van der Waals surface area contributed by atoms with Crippen LogP contribution in [0.25, 0.3) is 0 Å². The molecule has 1 aliphatic carbocycles. The zero-order valence-electron chi connectivity index (χ0n) is 13.0. The Kier molecular flexibility index (Phi) is 2.64. The number of fused-ring (bicyclic) bond motifs is 6. The molecule has 2 N–H and O–H groups in total. The van der Waals surface area contributed by atoms with Gasteiger partial charge in [0.2, 0.25) is 0 Å². The maximum atomic E-state index is 12.6. The molecule has 2 aromatic rings. The number of rotatable bonds is 0. The Bertz CT molecular complexity index is 974. The predicted octanol–water partition coefficient (Wildman–Crippen LogP) is 3.20. The van der Waals surface area contributed by atoms with E-state index in [1.165, 1.54) is 6.07 Å². The molecular weight excluding hydrogens is 320 g/mol. The molecule has 2 aromatic carbocycles. The maximum absolute atomic E-state index is 12.6. The lowest BCUT2D eigenvalue weighted by Gasteiger charge is -2.44. The summed E-state index contributed by atoms with van der Waals surface area (Å²) in [5, 5.41) is 19.7. The number of hydrogen-bond donors (Lipinski definition) is 2. The van der Waals surface area contributed by atoms with Gasteiger partial charge < -0.3 is 19.7 Å². The van der Waals surface area contributed by atoms with Crippen LogP contribution in [0.15, 0.2) is 66.5 Å². The summed E-state index contributed by atoms with van der Waals surface area (Å²) < 4.78 is 12.0. The van der Waals surface area contributed by atoms with Crippen molar-refractivity contribution in [1.82, 2.24) is 0 Å². The normalized spacial score (nSPS) is 28.5. The van der Waals surface area contributed by atoms with E-state index in [4.69, 9.17) is 9.47 Å². The molecule has 0 saturated carbocycles. The van der Waals surface area contributed by atoms with Crippen molar-refractivity contribution in [3.63, 3.8) is 0 Å². The number of aliphatic hydroxyl groups is 1. The summed E-state index contributed by atoms with van der Waals surface area (Å²) in [6.07, 6.45) is 4.48. The minimum Gasteiger partial charge on any atom is -0.508 e. The van der Waals surface area contributed by atoms with Gasteiger partial charge in [-0.05, 0) is 30.4 Å². The Morgan fingerprint density at radius 2 is 1.88 bits per heavy atom. The van der Waals surface area contributed by atoms with Crippen LogP contribution in [0.5, 0.6) is 11.5 Å².